The van der Waals surface area contributed by atoms with Crippen LogP contribution in [0.15, 0.2) is 48.5 Å². The van der Waals surface area contributed by atoms with Gasteiger partial charge in [0.05, 0.1) is 7.11 Å². The molecule has 6 nitrogen and oxygen atoms in total. The van der Waals surface area contributed by atoms with Crippen molar-refractivity contribution in [2.24, 2.45) is 5.92 Å². The number of esters is 1. The molecule has 0 spiro atoms. The molecule has 0 bridgehead atoms. The van der Waals surface area contributed by atoms with Crippen molar-refractivity contribution in [1.82, 2.24) is 5.32 Å². The zero-order chi connectivity index (χ0) is 22.1. The SMILES string of the molecule is COC(=O)[C@H](Cc1ccc(O)cc1CC1CCCCC1)NC(=O)OCc1ccccc1. The fourth-order valence-electron chi connectivity index (χ4n) is 4.17. The van der Waals surface area contributed by atoms with Crippen LogP contribution in [0.2, 0.25) is 0 Å². The van der Waals surface area contributed by atoms with E-state index in [4.69, 9.17) is 9.47 Å². The van der Waals surface area contributed by atoms with Crippen molar-refractivity contribution < 1.29 is 24.2 Å². The lowest BCUT2D eigenvalue weighted by Gasteiger charge is -2.24. The van der Waals surface area contributed by atoms with Gasteiger partial charge in [-0.1, -0.05) is 68.5 Å². The number of phenolic OH excluding ortho intramolecular Hbond substituents is 1. The van der Waals surface area contributed by atoms with Crippen molar-refractivity contribution in [3.8, 4) is 5.75 Å². The van der Waals surface area contributed by atoms with Crippen LogP contribution in [0.5, 0.6) is 5.75 Å². The number of rotatable bonds is 8. The molecule has 1 saturated carbocycles. The molecule has 1 aliphatic carbocycles. The van der Waals surface area contributed by atoms with Crippen LogP contribution < -0.4 is 5.32 Å². The van der Waals surface area contributed by atoms with Crippen molar-refractivity contribution in [2.45, 2.75) is 57.6 Å². The first-order valence-electron chi connectivity index (χ1n) is 10.9. The highest BCUT2D eigenvalue weighted by atomic mass is 16.6. The Morgan fingerprint density at radius 2 is 1.81 bits per heavy atom. The summed E-state index contributed by atoms with van der Waals surface area (Å²) in [5.74, 6) is 0.252. The molecule has 0 heterocycles. The normalized spacial score (nSPS) is 15.1. The molecule has 3 rings (SSSR count). The zero-order valence-electron chi connectivity index (χ0n) is 18.0. The first kappa shape index (κ1) is 22.7. The Kier molecular flexibility index (Phi) is 8.33. The third-order valence-electron chi connectivity index (χ3n) is 5.84. The Hall–Kier alpha value is -3.02. The number of methoxy groups -OCH3 is 1. The van der Waals surface area contributed by atoms with Crippen LogP contribution in [0.3, 0.4) is 0 Å². The van der Waals surface area contributed by atoms with E-state index in [0.29, 0.717) is 5.92 Å². The third kappa shape index (κ3) is 7.02. The Labute approximate surface area is 183 Å². The molecule has 1 aliphatic rings. The van der Waals surface area contributed by atoms with Gasteiger partial charge in [-0.05, 0) is 41.2 Å². The summed E-state index contributed by atoms with van der Waals surface area (Å²) in [4.78, 5) is 24.7. The van der Waals surface area contributed by atoms with E-state index in [1.165, 1.54) is 39.2 Å². The van der Waals surface area contributed by atoms with Gasteiger partial charge >= 0.3 is 12.1 Å². The summed E-state index contributed by atoms with van der Waals surface area (Å²) in [6.45, 7) is 0.118. The monoisotopic (exact) mass is 425 g/mol. The van der Waals surface area contributed by atoms with E-state index in [-0.39, 0.29) is 18.8 Å². The number of carbonyl (C=O) groups is 2. The van der Waals surface area contributed by atoms with E-state index in [2.05, 4.69) is 5.32 Å². The second kappa shape index (κ2) is 11.4. The quantitative estimate of drug-likeness (QED) is 0.607. The van der Waals surface area contributed by atoms with Crippen LogP contribution in [-0.4, -0.2) is 30.3 Å². The van der Waals surface area contributed by atoms with Gasteiger partial charge in [0.25, 0.3) is 0 Å². The van der Waals surface area contributed by atoms with Gasteiger partial charge in [0.1, 0.15) is 18.4 Å². The second-order valence-corrected chi connectivity index (χ2v) is 8.15. The molecule has 0 unspecified atom stereocenters. The molecule has 0 saturated heterocycles. The van der Waals surface area contributed by atoms with Gasteiger partial charge in [-0.2, -0.15) is 0 Å². The van der Waals surface area contributed by atoms with Crippen molar-refractivity contribution >= 4 is 12.1 Å². The fourth-order valence-corrected chi connectivity index (χ4v) is 4.17. The third-order valence-corrected chi connectivity index (χ3v) is 5.84. The molecule has 2 N–H and O–H groups in total. The predicted octanol–water partition coefficient (Wildman–Crippen LogP) is 4.53. The average Bonchev–Trinajstić information content (AvgIpc) is 2.79. The van der Waals surface area contributed by atoms with Crippen LogP contribution >= 0.6 is 0 Å². The first-order valence-corrected chi connectivity index (χ1v) is 10.9. The minimum absolute atomic E-state index is 0.118. The largest absolute Gasteiger partial charge is 0.508 e. The van der Waals surface area contributed by atoms with Crippen LogP contribution in [-0.2, 0) is 33.7 Å². The molecule has 1 fully saturated rings. The number of phenols is 1. The number of nitrogens with one attached hydrogen (secondary N) is 1. The summed E-state index contributed by atoms with van der Waals surface area (Å²) in [5.41, 5.74) is 2.79. The fraction of sp³-hybridized carbons (Fsp3) is 0.440. The number of hydrogen-bond acceptors (Lipinski definition) is 5. The number of hydrogen-bond donors (Lipinski definition) is 2. The van der Waals surface area contributed by atoms with E-state index in [9.17, 15) is 14.7 Å². The Morgan fingerprint density at radius 1 is 1.06 bits per heavy atom. The maximum Gasteiger partial charge on any atom is 0.408 e. The molecule has 0 aliphatic heterocycles. The minimum atomic E-state index is -0.872. The van der Waals surface area contributed by atoms with E-state index >= 15 is 0 Å². The number of amides is 1. The maximum atomic E-state index is 12.4. The summed E-state index contributed by atoms with van der Waals surface area (Å²) >= 11 is 0. The number of aromatic hydroxyl groups is 1. The lowest BCUT2D eigenvalue weighted by molar-refractivity contribution is -0.143. The highest BCUT2D eigenvalue weighted by Crippen LogP contribution is 2.29. The highest BCUT2D eigenvalue weighted by molar-refractivity contribution is 5.81. The lowest BCUT2D eigenvalue weighted by atomic mass is 9.83. The van der Waals surface area contributed by atoms with Gasteiger partial charge in [0, 0.05) is 6.42 Å². The molecule has 0 aromatic heterocycles. The van der Waals surface area contributed by atoms with E-state index in [0.717, 1.165) is 23.1 Å². The molecule has 1 amide bonds. The molecule has 31 heavy (non-hydrogen) atoms. The van der Waals surface area contributed by atoms with Gasteiger partial charge in [-0.25, -0.2) is 9.59 Å². The average molecular weight is 426 g/mol. The topological polar surface area (TPSA) is 84.9 Å². The van der Waals surface area contributed by atoms with E-state index < -0.39 is 18.1 Å². The standard InChI is InChI=1S/C25H31NO5/c1-30-24(28)23(26-25(29)31-17-19-10-6-3-7-11-19)16-20-12-13-22(27)15-21(20)14-18-8-4-2-5-9-18/h3,6-7,10-13,15,18,23,27H,2,4-5,8-9,14,16-17H2,1H3,(H,26,29)/t23-/m0/s1. The Morgan fingerprint density at radius 3 is 2.52 bits per heavy atom. The summed E-state index contributed by atoms with van der Waals surface area (Å²) in [6, 6.07) is 13.7. The predicted molar refractivity (Wildman–Crippen MR) is 118 cm³/mol. The number of ether oxygens (including phenoxy) is 2. The number of benzene rings is 2. The molecule has 166 valence electrons. The number of carbonyl (C=O) groups excluding carboxylic acids is 2. The van der Waals surface area contributed by atoms with Gasteiger partial charge in [0.15, 0.2) is 0 Å². The first-order chi connectivity index (χ1) is 15.0. The Balaban J connectivity index is 1.67. The Bertz CT molecular complexity index is 861. The zero-order valence-corrected chi connectivity index (χ0v) is 18.0. The molecular formula is C25H31NO5. The maximum absolute atomic E-state index is 12.4. The van der Waals surface area contributed by atoms with Gasteiger partial charge < -0.3 is 19.9 Å². The summed E-state index contributed by atoms with van der Waals surface area (Å²) < 4.78 is 10.2. The van der Waals surface area contributed by atoms with E-state index in [1.54, 1.807) is 12.1 Å². The highest BCUT2D eigenvalue weighted by Gasteiger charge is 2.25. The molecule has 2 aromatic rings. The van der Waals surface area contributed by atoms with Gasteiger partial charge in [0.2, 0.25) is 0 Å². The number of alkyl carbamates (subject to hydrolysis) is 1. The lowest BCUT2D eigenvalue weighted by Crippen LogP contribution is -2.43. The second-order valence-electron chi connectivity index (χ2n) is 8.15. The molecule has 2 aromatic carbocycles. The van der Waals surface area contributed by atoms with Crippen LogP contribution in [0, 0.1) is 5.92 Å². The molecular weight excluding hydrogens is 394 g/mol. The summed E-state index contributed by atoms with van der Waals surface area (Å²) in [6.07, 6.45) is 6.57. The summed E-state index contributed by atoms with van der Waals surface area (Å²) in [7, 11) is 1.30. The van der Waals surface area contributed by atoms with Crippen LogP contribution in [0.4, 0.5) is 4.79 Å². The van der Waals surface area contributed by atoms with Crippen molar-refractivity contribution in [3.63, 3.8) is 0 Å². The van der Waals surface area contributed by atoms with Crippen molar-refractivity contribution in [2.75, 3.05) is 7.11 Å². The van der Waals surface area contributed by atoms with Crippen LogP contribution in [0.1, 0.15) is 48.8 Å². The smallest absolute Gasteiger partial charge is 0.408 e. The molecule has 1 atom stereocenters. The van der Waals surface area contributed by atoms with Crippen LogP contribution in [0.25, 0.3) is 0 Å². The molecule has 6 heteroatoms. The van der Waals surface area contributed by atoms with Gasteiger partial charge in [-0.3, -0.25) is 0 Å². The molecule has 0 radical (unpaired) electrons. The van der Waals surface area contributed by atoms with Crippen molar-refractivity contribution in [3.05, 3.63) is 65.2 Å². The van der Waals surface area contributed by atoms with Crippen molar-refractivity contribution in [1.29, 1.82) is 0 Å². The summed E-state index contributed by atoms with van der Waals surface area (Å²) in [5, 5.41) is 12.6. The van der Waals surface area contributed by atoms with E-state index in [1.807, 2.05) is 36.4 Å². The minimum Gasteiger partial charge on any atom is -0.508 e. The van der Waals surface area contributed by atoms with Gasteiger partial charge in [-0.15, -0.1) is 0 Å².